The van der Waals surface area contributed by atoms with Crippen LogP contribution in [-0.2, 0) is 14.8 Å². The van der Waals surface area contributed by atoms with Crippen LogP contribution in [0.15, 0.2) is 18.2 Å². The fourth-order valence-electron chi connectivity index (χ4n) is 2.32. The Kier molecular flexibility index (Phi) is 4.72. The van der Waals surface area contributed by atoms with Crippen LogP contribution in [0.3, 0.4) is 0 Å². The molecular weight excluding hydrogens is 292 g/mol. The molecule has 0 unspecified atom stereocenters. The van der Waals surface area contributed by atoms with Gasteiger partial charge in [-0.3, -0.25) is 9.10 Å². The zero-order chi connectivity index (χ0) is 15.5. The van der Waals surface area contributed by atoms with Gasteiger partial charge in [0.25, 0.3) is 0 Å². The second-order valence-electron chi connectivity index (χ2n) is 4.92. The summed E-state index contributed by atoms with van der Waals surface area (Å²) in [5.74, 6) is 0.563. The van der Waals surface area contributed by atoms with Gasteiger partial charge in [-0.25, -0.2) is 8.42 Å². The molecule has 1 aromatic carbocycles. The normalized spacial score (nSPS) is 16.8. The summed E-state index contributed by atoms with van der Waals surface area (Å²) < 4.78 is 30.5. The van der Waals surface area contributed by atoms with E-state index in [-0.39, 0.29) is 11.7 Å². The molecule has 0 spiro atoms. The van der Waals surface area contributed by atoms with Crippen LogP contribution in [0.1, 0.15) is 26.2 Å². The number of amides is 1. The number of nitrogens with zero attached hydrogens (tertiary/aromatic N) is 1. The molecule has 0 atom stereocenters. The number of anilines is 2. The minimum atomic E-state index is -3.24. The van der Waals surface area contributed by atoms with Gasteiger partial charge in [-0.1, -0.05) is 6.92 Å². The maximum absolute atomic E-state index is 12.0. The highest BCUT2D eigenvalue weighted by Gasteiger charge is 2.28. The maximum Gasteiger partial charge on any atom is 0.235 e. The van der Waals surface area contributed by atoms with Crippen molar-refractivity contribution >= 4 is 27.3 Å². The fourth-order valence-corrected chi connectivity index (χ4v) is 3.87. The number of nitrogens with one attached hydrogen (secondary N) is 1. The molecule has 1 N–H and O–H groups in total. The first-order valence-corrected chi connectivity index (χ1v) is 8.57. The van der Waals surface area contributed by atoms with Gasteiger partial charge in [0.15, 0.2) is 0 Å². The zero-order valence-corrected chi connectivity index (χ0v) is 13.1. The van der Waals surface area contributed by atoms with Crippen molar-refractivity contribution < 1.29 is 17.9 Å². The van der Waals surface area contributed by atoms with E-state index in [2.05, 4.69) is 5.32 Å². The van der Waals surface area contributed by atoms with E-state index >= 15 is 0 Å². The standard InChI is InChI=1S/C14H20N2O4S/c1-3-5-14(17)15-12-10-11(6-7-13(12)20-2)16-8-4-9-21(16,18)19/h6-7,10H,3-5,8-9H2,1-2H3,(H,15,17). The quantitative estimate of drug-likeness (QED) is 0.902. The molecule has 2 rings (SSSR count). The summed E-state index contributed by atoms with van der Waals surface area (Å²) in [4.78, 5) is 11.7. The number of carbonyl (C=O) groups excluding carboxylic acids is 1. The van der Waals surface area contributed by atoms with Crippen molar-refractivity contribution in [2.45, 2.75) is 26.2 Å². The molecule has 1 heterocycles. The Balaban J connectivity index is 2.31. The van der Waals surface area contributed by atoms with Crippen molar-refractivity contribution in [3.63, 3.8) is 0 Å². The molecule has 0 radical (unpaired) electrons. The Labute approximate surface area is 125 Å². The number of rotatable bonds is 5. The Morgan fingerprint density at radius 1 is 1.43 bits per heavy atom. The van der Waals surface area contributed by atoms with Gasteiger partial charge in [0.2, 0.25) is 15.9 Å². The van der Waals surface area contributed by atoms with Crippen LogP contribution in [0.2, 0.25) is 0 Å². The average molecular weight is 312 g/mol. The lowest BCUT2D eigenvalue weighted by Crippen LogP contribution is -2.25. The number of hydrogen-bond donors (Lipinski definition) is 1. The Morgan fingerprint density at radius 2 is 2.19 bits per heavy atom. The Bertz CT molecular complexity index is 628. The van der Waals surface area contributed by atoms with Gasteiger partial charge in [0.05, 0.1) is 24.2 Å². The molecule has 116 valence electrons. The van der Waals surface area contributed by atoms with Gasteiger partial charge < -0.3 is 10.1 Å². The maximum atomic E-state index is 12.0. The molecular formula is C14H20N2O4S. The molecule has 21 heavy (non-hydrogen) atoms. The van der Waals surface area contributed by atoms with Gasteiger partial charge in [0, 0.05) is 13.0 Å². The van der Waals surface area contributed by atoms with Crippen LogP contribution >= 0.6 is 0 Å². The predicted octanol–water partition coefficient (Wildman–Crippen LogP) is 1.97. The summed E-state index contributed by atoms with van der Waals surface area (Å²) >= 11 is 0. The van der Waals surface area contributed by atoms with E-state index in [1.807, 2.05) is 6.92 Å². The largest absolute Gasteiger partial charge is 0.495 e. The SMILES string of the molecule is CCCC(=O)Nc1cc(N2CCCS2(=O)=O)ccc1OC. The molecule has 1 saturated heterocycles. The van der Waals surface area contributed by atoms with Gasteiger partial charge in [-0.05, 0) is 31.0 Å². The molecule has 6 nitrogen and oxygen atoms in total. The lowest BCUT2D eigenvalue weighted by atomic mass is 10.2. The summed E-state index contributed by atoms with van der Waals surface area (Å²) in [6, 6.07) is 5.01. The van der Waals surface area contributed by atoms with Gasteiger partial charge in [-0.2, -0.15) is 0 Å². The summed E-state index contributed by atoms with van der Waals surface area (Å²) in [5.41, 5.74) is 1.05. The molecule has 7 heteroatoms. The first kappa shape index (κ1) is 15.6. The van der Waals surface area contributed by atoms with Gasteiger partial charge >= 0.3 is 0 Å². The van der Waals surface area contributed by atoms with E-state index in [1.165, 1.54) is 11.4 Å². The summed E-state index contributed by atoms with van der Waals surface area (Å²) in [7, 11) is -1.72. The third-order valence-electron chi connectivity index (χ3n) is 3.32. The van der Waals surface area contributed by atoms with Crippen molar-refractivity contribution in [3.05, 3.63) is 18.2 Å². The fraction of sp³-hybridized carbons (Fsp3) is 0.500. The molecule has 1 fully saturated rings. The Hall–Kier alpha value is -1.76. The van der Waals surface area contributed by atoms with Crippen molar-refractivity contribution in [2.75, 3.05) is 29.0 Å². The van der Waals surface area contributed by atoms with Gasteiger partial charge in [0.1, 0.15) is 5.75 Å². The van der Waals surface area contributed by atoms with Crippen molar-refractivity contribution in [1.29, 1.82) is 0 Å². The van der Waals surface area contributed by atoms with Crippen LogP contribution in [0.4, 0.5) is 11.4 Å². The Morgan fingerprint density at radius 3 is 2.76 bits per heavy atom. The number of sulfonamides is 1. The number of ether oxygens (including phenoxy) is 1. The van der Waals surface area contributed by atoms with Crippen LogP contribution in [0, 0.1) is 0 Å². The van der Waals surface area contributed by atoms with Crippen molar-refractivity contribution in [2.24, 2.45) is 0 Å². The molecule has 0 bridgehead atoms. The number of methoxy groups -OCH3 is 1. The highest BCUT2D eigenvalue weighted by Crippen LogP contribution is 2.32. The van der Waals surface area contributed by atoms with E-state index in [9.17, 15) is 13.2 Å². The van der Waals surface area contributed by atoms with E-state index in [0.29, 0.717) is 36.5 Å². The van der Waals surface area contributed by atoms with Crippen LogP contribution in [0.5, 0.6) is 5.75 Å². The molecule has 1 aromatic rings. The molecule has 1 aliphatic rings. The average Bonchev–Trinajstić information content (AvgIpc) is 2.78. The highest BCUT2D eigenvalue weighted by atomic mass is 32.2. The summed E-state index contributed by atoms with van der Waals surface area (Å²) in [6.45, 7) is 2.39. The third kappa shape index (κ3) is 3.47. The van der Waals surface area contributed by atoms with Crippen LogP contribution in [0.25, 0.3) is 0 Å². The van der Waals surface area contributed by atoms with Gasteiger partial charge in [-0.15, -0.1) is 0 Å². The molecule has 1 aliphatic heterocycles. The molecule has 0 aromatic heterocycles. The first-order chi connectivity index (χ1) is 9.97. The van der Waals surface area contributed by atoms with E-state index < -0.39 is 10.0 Å². The predicted molar refractivity (Wildman–Crippen MR) is 82.3 cm³/mol. The topological polar surface area (TPSA) is 75.7 Å². The monoisotopic (exact) mass is 312 g/mol. The smallest absolute Gasteiger partial charge is 0.235 e. The van der Waals surface area contributed by atoms with Crippen molar-refractivity contribution in [1.82, 2.24) is 0 Å². The lowest BCUT2D eigenvalue weighted by molar-refractivity contribution is -0.116. The van der Waals surface area contributed by atoms with Crippen molar-refractivity contribution in [3.8, 4) is 5.75 Å². The number of carbonyl (C=O) groups is 1. The van der Waals surface area contributed by atoms with E-state index in [4.69, 9.17) is 4.74 Å². The van der Waals surface area contributed by atoms with E-state index in [0.717, 1.165) is 6.42 Å². The molecule has 0 saturated carbocycles. The molecule has 1 amide bonds. The van der Waals surface area contributed by atoms with Crippen LogP contribution in [-0.4, -0.2) is 33.7 Å². The van der Waals surface area contributed by atoms with E-state index in [1.54, 1.807) is 18.2 Å². The molecule has 0 aliphatic carbocycles. The lowest BCUT2D eigenvalue weighted by Gasteiger charge is -2.19. The summed E-state index contributed by atoms with van der Waals surface area (Å²) in [5, 5.41) is 2.77. The number of hydrogen-bond acceptors (Lipinski definition) is 4. The first-order valence-electron chi connectivity index (χ1n) is 6.96. The van der Waals surface area contributed by atoms with Crippen LogP contribution < -0.4 is 14.4 Å². The number of benzene rings is 1. The minimum absolute atomic E-state index is 0.114. The second-order valence-corrected chi connectivity index (χ2v) is 6.94. The second kappa shape index (κ2) is 6.34. The third-order valence-corrected chi connectivity index (χ3v) is 5.19. The summed E-state index contributed by atoms with van der Waals surface area (Å²) in [6.07, 6.45) is 1.77. The minimum Gasteiger partial charge on any atom is -0.495 e. The highest BCUT2D eigenvalue weighted by molar-refractivity contribution is 7.93. The zero-order valence-electron chi connectivity index (χ0n) is 12.3.